The second-order valence-electron chi connectivity index (χ2n) is 5.36. The molecule has 1 aromatic rings. The molecular weight excluding hydrogens is 259 g/mol. The normalized spacial score (nSPS) is 14.7. The Morgan fingerprint density at radius 3 is 2.50 bits per heavy atom. The van der Waals surface area contributed by atoms with E-state index in [4.69, 9.17) is 0 Å². The smallest absolute Gasteiger partial charge is 0.0157 e. The van der Waals surface area contributed by atoms with E-state index in [1.165, 1.54) is 34.6 Å². The minimum atomic E-state index is -0.362. The van der Waals surface area contributed by atoms with Crippen LogP contribution in [0, 0.1) is 6.92 Å². The largest absolute Gasteiger partial charge is 0.0990 e. The van der Waals surface area contributed by atoms with Gasteiger partial charge in [0, 0.05) is 0 Å². The van der Waals surface area contributed by atoms with E-state index < -0.39 is 0 Å². The molecule has 0 spiro atoms. The zero-order chi connectivity index (χ0) is 15.1. The van der Waals surface area contributed by atoms with Crippen LogP contribution in [0.25, 0.3) is 0 Å². The highest BCUT2D eigenvalue weighted by atomic mass is 31.1. The fourth-order valence-corrected chi connectivity index (χ4v) is 5.63. The Bertz CT molecular complexity index is 496. The number of hydrogen-bond acceptors (Lipinski definition) is 0. The average molecular weight is 286 g/mol. The van der Waals surface area contributed by atoms with E-state index >= 15 is 0 Å². The minimum absolute atomic E-state index is 0.362. The first-order valence-electron chi connectivity index (χ1n) is 7.36. The molecule has 0 radical (unpaired) electrons. The Labute approximate surface area is 126 Å². The lowest BCUT2D eigenvalue weighted by atomic mass is 10.2. The van der Waals surface area contributed by atoms with Gasteiger partial charge in [-0.2, -0.15) is 0 Å². The molecule has 108 valence electrons. The maximum atomic E-state index is 4.19. The molecule has 0 amide bonds. The van der Waals surface area contributed by atoms with Crippen LogP contribution in [-0.2, 0) is 0 Å². The van der Waals surface area contributed by atoms with Crippen molar-refractivity contribution >= 4 is 13.2 Å². The molecule has 0 aromatic heterocycles. The van der Waals surface area contributed by atoms with Gasteiger partial charge in [0.15, 0.2) is 0 Å². The van der Waals surface area contributed by atoms with Gasteiger partial charge in [0.1, 0.15) is 0 Å². The zero-order valence-electron chi connectivity index (χ0n) is 13.3. The van der Waals surface area contributed by atoms with Crippen LogP contribution in [0.15, 0.2) is 60.5 Å². The lowest BCUT2D eigenvalue weighted by Crippen LogP contribution is -2.15. The van der Waals surface area contributed by atoms with Crippen LogP contribution in [0.3, 0.4) is 0 Å². The minimum Gasteiger partial charge on any atom is -0.0990 e. The lowest BCUT2D eigenvalue weighted by molar-refractivity contribution is 0.781. The highest BCUT2D eigenvalue weighted by molar-refractivity contribution is 7.70. The molecule has 2 unspecified atom stereocenters. The van der Waals surface area contributed by atoms with E-state index in [1.807, 2.05) is 6.08 Å². The quantitative estimate of drug-likeness (QED) is 0.430. The molecule has 0 aliphatic heterocycles. The van der Waals surface area contributed by atoms with Gasteiger partial charge >= 0.3 is 0 Å². The van der Waals surface area contributed by atoms with Gasteiger partial charge in [-0.1, -0.05) is 75.4 Å². The fraction of sp³-hybridized carbons (Fsp3) is 0.368. The summed E-state index contributed by atoms with van der Waals surface area (Å²) in [6.07, 6.45) is 6.54. The van der Waals surface area contributed by atoms with E-state index in [1.54, 1.807) is 0 Å². The summed E-state index contributed by atoms with van der Waals surface area (Å²) < 4.78 is 0. The Hall–Kier alpha value is -1.13. The SMILES string of the molecule is C=C/C=C(\C(=C)C)P(c1ccccc1C)C(C)CCC. The molecule has 0 aliphatic rings. The van der Waals surface area contributed by atoms with Crippen molar-refractivity contribution in [3.63, 3.8) is 0 Å². The molecular formula is C19H27P. The van der Waals surface area contributed by atoms with Gasteiger partial charge < -0.3 is 0 Å². The number of hydrogen-bond donors (Lipinski definition) is 0. The number of rotatable bonds is 7. The molecule has 20 heavy (non-hydrogen) atoms. The van der Waals surface area contributed by atoms with Crippen LogP contribution in [0.4, 0.5) is 0 Å². The van der Waals surface area contributed by atoms with Crippen LogP contribution in [-0.4, -0.2) is 5.66 Å². The van der Waals surface area contributed by atoms with Gasteiger partial charge in [0.2, 0.25) is 0 Å². The maximum Gasteiger partial charge on any atom is -0.0157 e. The summed E-state index contributed by atoms with van der Waals surface area (Å²) in [5.41, 5.74) is 3.22. The van der Waals surface area contributed by atoms with Gasteiger partial charge in [-0.3, -0.25) is 0 Å². The number of benzene rings is 1. The van der Waals surface area contributed by atoms with Crippen molar-refractivity contribution < 1.29 is 0 Å². The Balaban J connectivity index is 3.35. The van der Waals surface area contributed by atoms with Gasteiger partial charge in [0.05, 0.1) is 0 Å². The van der Waals surface area contributed by atoms with E-state index in [0.717, 1.165) is 0 Å². The Morgan fingerprint density at radius 2 is 2.00 bits per heavy atom. The fourth-order valence-electron chi connectivity index (χ4n) is 2.53. The Kier molecular flexibility index (Phi) is 6.96. The summed E-state index contributed by atoms with van der Waals surface area (Å²) in [7, 11) is -0.362. The standard InChI is InChI=1S/C19H27P/c1-7-11-17(6)20(18(12-8-2)15(3)4)19-14-10-9-13-16(19)5/h8-10,12-14,17H,2-3,7,11H2,1,4-6H3/b18-12+. The summed E-state index contributed by atoms with van der Waals surface area (Å²) in [4.78, 5) is 0. The molecule has 0 aliphatic carbocycles. The van der Waals surface area contributed by atoms with Gasteiger partial charge in [-0.15, -0.1) is 0 Å². The molecule has 0 saturated carbocycles. The molecule has 0 N–H and O–H groups in total. The predicted octanol–water partition coefficient (Wildman–Crippen LogP) is 5.94. The van der Waals surface area contributed by atoms with Gasteiger partial charge in [-0.25, -0.2) is 0 Å². The van der Waals surface area contributed by atoms with E-state index in [9.17, 15) is 0 Å². The van der Waals surface area contributed by atoms with Crippen molar-refractivity contribution in [2.75, 3.05) is 0 Å². The van der Waals surface area contributed by atoms with E-state index in [-0.39, 0.29) is 7.92 Å². The van der Waals surface area contributed by atoms with Crippen molar-refractivity contribution in [3.05, 3.63) is 66.0 Å². The van der Waals surface area contributed by atoms with E-state index in [0.29, 0.717) is 5.66 Å². The highest BCUT2D eigenvalue weighted by Crippen LogP contribution is 2.53. The molecule has 2 atom stereocenters. The summed E-state index contributed by atoms with van der Waals surface area (Å²) >= 11 is 0. The summed E-state index contributed by atoms with van der Waals surface area (Å²) in [6.45, 7) is 17.0. The first-order valence-corrected chi connectivity index (χ1v) is 8.77. The van der Waals surface area contributed by atoms with Crippen LogP contribution < -0.4 is 5.30 Å². The topological polar surface area (TPSA) is 0 Å². The van der Waals surface area contributed by atoms with Crippen LogP contribution in [0.2, 0.25) is 0 Å². The monoisotopic (exact) mass is 286 g/mol. The summed E-state index contributed by atoms with van der Waals surface area (Å²) in [5, 5.41) is 2.87. The zero-order valence-corrected chi connectivity index (χ0v) is 14.2. The van der Waals surface area contributed by atoms with Crippen molar-refractivity contribution in [1.29, 1.82) is 0 Å². The van der Waals surface area contributed by atoms with Crippen LogP contribution >= 0.6 is 7.92 Å². The molecule has 1 aromatic carbocycles. The highest BCUT2D eigenvalue weighted by Gasteiger charge is 2.23. The molecule has 0 bridgehead atoms. The second-order valence-corrected chi connectivity index (χ2v) is 7.95. The molecule has 0 nitrogen and oxygen atoms in total. The van der Waals surface area contributed by atoms with Crippen molar-refractivity contribution in [2.45, 2.75) is 46.2 Å². The van der Waals surface area contributed by atoms with E-state index in [2.05, 4.69) is 71.2 Å². The third kappa shape index (κ3) is 4.18. The average Bonchev–Trinajstić information content (AvgIpc) is 2.40. The first-order chi connectivity index (χ1) is 9.52. The van der Waals surface area contributed by atoms with Crippen LogP contribution in [0.1, 0.15) is 39.2 Å². The third-order valence-corrected chi connectivity index (χ3v) is 6.71. The molecule has 1 rings (SSSR count). The first kappa shape index (κ1) is 16.9. The predicted molar refractivity (Wildman–Crippen MR) is 95.2 cm³/mol. The van der Waals surface area contributed by atoms with Crippen molar-refractivity contribution in [3.8, 4) is 0 Å². The third-order valence-electron chi connectivity index (χ3n) is 3.49. The van der Waals surface area contributed by atoms with Gasteiger partial charge in [0.25, 0.3) is 0 Å². The molecule has 1 heteroatoms. The van der Waals surface area contributed by atoms with Crippen LogP contribution in [0.5, 0.6) is 0 Å². The number of aryl methyl sites for hydroxylation is 1. The number of allylic oxidation sites excluding steroid dienone is 4. The molecule has 0 heterocycles. The second kappa shape index (κ2) is 8.22. The molecule has 0 saturated heterocycles. The summed E-state index contributed by atoms with van der Waals surface area (Å²) in [6, 6.07) is 8.77. The maximum absolute atomic E-state index is 4.19. The van der Waals surface area contributed by atoms with Crippen molar-refractivity contribution in [1.82, 2.24) is 0 Å². The Morgan fingerprint density at radius 1 is 1.35 bits per heavy atom. The summed E-state index contributed by atoms with van der Waals surface area (Å²) in [5.74, 6) is 0. The lowest BCUT2D eigenvalue weighted by Gasteiger charge is -2.29. The van der Waals surface area contributed by atoms with Gasteiger partial charge in [-0.05, 0) is 50.0 Å². The van der Waals surface area contributed by atoms with Crippen molar-refractivity contribution in [2.24, 2.45) is 0 Å². The molecule has 0 fully saturated rings.